The lowest BCUT2D eigenvalue weighted by Gasteiger charge is -2.16. The van der Waals surface area contributed by atoms with Gasteiger partial charge in [0.05, 0.1) is 5.56 Å². The van der Waals surface area contributed by atoms with Crippen LogP contribution in [0, 0.1) is 6.92 Å². The molecule has 3 rings (SSSR count). The zero-order valence-corrected chi connectivity index (χ0v) is 18.0. The van der Waals surface area contributed by atoms with Crippen LogP contribution in [0.2, 0.25) is 0 Å². The highest BCUT2D eigenvalue weighted by Gasteiger charge is 2.33. The summed E-state index contributed by atoms with van der Waals surface area (Å²) in [6.45, 7) is 1.39. The molecule has 0 unspecified atom stereocenters. The lowest BCUT2D eigenvalue weighted by molar-refractivity contribution is -0.139. The first-order valence-corrected chi connectivity index (χ1v) is 10.7. The number of carboxylic acids is 1. The summed E-state index contributed by atoms with van der Waals surface area (Å²) in [5.74, 6) is -0.123. The van der Waals surface area contributed by atoms with Crippen molar-refractivity contribution >= 4 is 23.3 Å². The summed E-state index contributed by atoms with van der Waals surface area (Å²) < 4.78 is 46.1. The molecule has 0 radical (unpaired) electrons. The molecule has 3 nitrogen and oxygen atoms in total. The van der Waals surface area contributed by atoms with Gasteiger partial charge in [-0.15, -0.1) is 11.8 Å². The highest BCUT2D eigenvalue weighted by Crippen LogP contribution is 2.37. The van der Waals surface area contributed by atoms with Crippen molar-refractivity contribution in [1.29, 1.82) is 0 Å². The largest absolute Gasteiger partial charge is 0.482 e. The van der Waals surface area contributed by atoms with Crippen molar-refractivity contribution in [2.45, 2.75) is 18.0 Å². The van der Waals surface area contributed by atoms with Gasteiger partial charge in [0.1, 0.15) is 5.75 Å². The Kier molecular flexibility index (Phi) is 7.64. The lowest BCUT2D eigenvalue weighted by atomic mass is 9.93. The van der Waals surface area contributed by atoms with Crippen molar-refractivity contribution in [3.8, 4) is 5.75 Å². The fourth-order valence-corrected chi connectivity index (χ4v) is 4.07. The number of benzene rings is 3. The van der Waals surface area contributed by atoms with Crippen LogP contribution in [0.25, 0.3) is 5.57 Å². The summed E-state index contributed by atoms with van der Waals surface area (Å²) in [7, 11) is 0. The SMILES string of the molecule is Cc1cc(SCC=C(c2ccccc2)c2ccccc2C(F)(F)F)ccc1OCC(=O)O. The lowest BCUT2D eigenvalue weighted by Crippen LogP contribution is -2.10. The van der Waals surface area contributed by atoms with E-state index in [-0.39, 0.29) is 5.56 Å². The van der Waals surface area contributed by atoms with Gasteiger partial charge in [-0.05, 0) is 53.5 Å². The second kappa shape index (κ2) is 10.4. The molecule has 7 heteroatoms. The van der Waals surface area contributed by atoms with Crippen molar-refractivity contribution in [2.24, 2.45) is 0 Å². The van der Waals surface area contributed by atoms with E-state index in [4.69, 9.17) is 9.84 Å². The van der Waals surface area contributed by atoms with Crippen molar-refractivity contribution in [1.82, 2.24) is 0 Å². The van der Waals surface area contributed by atoms with Crippen LogP contribution in [0.1, 0.15) is 22.3 Å². The Morgan fingerprint density at radius 2 is 1.72 bits per heavy atom. The molecule has 0 amide bonds. The fourth-order valence-electron chi connectivity index (χ4n) is 3.20. The van der Waals surface area contributed by atoms with Gasteiger partial charge in [-0.25, -0.2) is 4.79 Å². The van der Waals surface area contributed by atoms with Crippen LogP contribution < -0.4 is 4.74 Å². The second-order valence-electron chi connectivity index (χ2n) is 6.95. The molecule has 32 heavy (non-hydrogen) atoms. The van der Waals surface area contributed by atoms with Crippen LogP contribution in [-0.4, -0.2) is 23.4 Å². The zero-order valence-electron chi connectivity index (χ0n) is 17.2. The molecular formula is C25H21F3O3S. The Morgan fingerprint density at radius 3 is 2.38 bits per heavy atom. The normalized spacial score (nSPS) is 11.9. The summed E-state index contributed by atoms with van der Waals surface area (Å²) in [5.41, 5.74) is 1.48. The Bertz CT molecular complexity index is 1110. The first kappa shape index (κ1) is 23.5. The summed E-state index contributed by atoms with van der Waals surface area (Å²) in [5, 5.41) is 8.74. The van der Waals surface area contributed by atoms with Crippen molar-refractivity contribution in [2.75, 3.05) is 12.4 Å². The molecule has 3 aromatic rings. The Balaban J connectivity index is 1.86. The van der Waals surface area contributed by atoms with Crippen LogP contribution in [0.3, 0.4) is 0 Å². The molecule has 0 aliphatic rings. The quantitative estimate of drug-likeness (QED) is 0.382. The molecule has 0 saturated heterocycles. The number of rotatable bonds is 8. The maximum atomic E-state index is 13.6. The highest BCUT2D eigenvalue weighted by molar-refractivity contribution is 7.99. The topological polar surface area (TPSA) is 46.5 Å². The van der Waals surface area contributed by atoms with Gasteiger partial charge >= 0.3 is 12.1 Å². The number of aryl methyl sites for hydroxylation is 1. The van der Waals surface area contributed by atoms with E-state index in [1.54, 1.807) is 48.5 Å². The smallest absolute Gasteiger partial charge is 0.417 e. The average molecular weight is 459 g/mol. The van der Waals surface area contributed by atoms with Crippen LogP contribution in [0.5, 0.6) is 5.75 Å². The van der Waals surface area contributed by atoms with E-state index in [1.807, 2.05) is 19.1 Å². The van der Waals surface area contributed by atoms with Crippen molar-refractivity contribution in [3.05, 3.63) is 101 Å². The fraction of sp³-hybridized carbons (Fsp3) is 0.160. The first-order valence-electron chi connectivity index (χ1n) is 9.76. The third kappa shape index (κ3) is 6.17. The number of aliphatic carboxylic acids is 1. The van der Waals surface area contributed by atoms with E-state index in [0.717, 1.165) is 16.5 Å². The van der Waals surface area contributed by atoms with E-state index in [2.05, 4.69) is 0 Å². The molecule has 0 aliphatic carbocycles. The second-order valence-corrected chi connectivity index (χ2v) is 8.04. The summed E-state index contributed by atoms with van der Waals surface area (Å²) in [4.78, 5) is 11.6. The van der Waals surface area contributed by atoms with Gasteiger partial charge in [0, 0.05) is 10.6 Å². The van der Waals surface area contributed by atoms with Gasteiger partial charge in [-0.2, -0.15) is 13.2 Å². The molecule has 1 N–H and O–H groups in total. The number of ether oxygens (including phenoxy) is 1. The van der Waals surface area contributed by atoms with Crippen LogP contribution in [0.4, 0.5) is 13.2 Å². The summed E-state index contributed by atoms with van der Waals surface area (Å²) in [6.07, 6.45) is -2.66. The van der Waals surface area contributed by atoms with Gasteiger partial charge in [-0.1, -0.05) is 54.6 Å². The molecule has 0 heterocycles. The van der Waals surface area contributed by atoms with Crippen LogP contribution >= 0.6 is 11.8 Å². The third-order valence-corrected chi connectivity index (χ3v) is 5.56. The molecule has 0 aromatic heterocycles. The number of carboxylic acid groups (broad SMARTS) is 1. The Labute approximate surface area is 188 Å². The number of carbonyl (C=O) groups is 1. The average Bonchev–Trinajstić information content (AvgIpc) is 2.76. The van der Waals surface area contributed by atoms with Crippen molar-refractivity contribution < 1.29 is 27.8 Å². The molecular weight excluding hydrogens is 437 g/mol. The number of hydrogen-bond donors (Lipinski definition) is 1. The zero-order chi connectivity index (χ0) is 23.1. The predicted octanol–water partition coefficient (Wildman–Crippen LogP) is 6.70. The standard InChI is InChI=1S/C25H21F3O3S/c1-17-15-19(11-12-23(17)31-16-24(29)30)32-14-13-20(18-7-3-2-4-8-18)21-9-5-6-10-22(21)25(26,27)28/h2-13,15H,14,16H2,1H3,(H,29,30). The summed E-state index contributed by atoms with van der Waals surface area (Å²) >= 11 is 1.47. The maximum Gasteiger partial charge on any atom is 0.417 e. The molecule has 0 saturated carbocycles. The molecule has 166 valence electrons. The van der Waals surface area contributed by atoms with E-state index in [0.29, 0.717) is 22.6 Å². The maximum absolute atomic E-state index is 13.6. The van der Waals surface area contributed by atoms with Crippen LogP contribution in [0.15, 0.2) is 83.8 Å². The monoisotopic (exact) mass is 458 g/mol. The summed E-state index contributed by atoms with van der Waals surface area (Å²) in [6, 6.07) is 19.9. The molecule has 0 aliphatic heterocycles. The molecule has 0 atom stereocenters. The van der Waals surface area contributed by atoms with E-state index >= 15 is 0 Å². The minimum absolute atomic E-state index is 0.139. The van der Waals surface area contributed by atoms with E-state index in [9.17, 15) is 18.0 Å². The van der Waals surface area contributed by atoms with Gasteiger partial charge < -0.3 is 9.84 Å². The minimum Gasteiger partial charge on any atom is -0.482 e. The molecule has 3 aromatic carbocycles. The minimum atomic E-state index is -4.46. The van der Waals surface area contributed by atoms with E-state index in [1.165, 1.54) is 23.9 Å². The van der Waals surface area contributed by atoms with Crippen LogP contribution in [-0.2, 0) is 11.0 Å². The molecule has 0 bridgehead atoms. The van der Waals surface area contributed by atoms with Crippen molar-refractivity contribution in [3.63, 3.8) is 0 Å². The number of alkyl halides is 3. The predicted molar refractivity (Wildman–Crippen MR) is 120 cm³/mol. The van der Waals surface area contributed by atoms with Gasteiger partial charge in [0.2, 0.25) is 0 Å². The highest BCUT2D eigenvalue weighted by atomic mass is 32.2. The molecule has 0 fully saturated rings. The first-order chi connectivity index (χ1) is 15.3. The van der Waals surface area contributed by atoms with E-state index < -0.39 is 24.3 Å². The Hall–Kier alpha value is -3.19. The molecule has 0 spiro atoms. The van der Waals surface area contributed by atoms with Gasteiger partial charge in [0.25, 0.3) is 0 Å². The van der Waals surface area contributed by atoms with Gasteiger partial charge in [-0.3, -0.25) is 0 Å². The number of hydrogen-bond acceptors (Lipinski definition) is 3. The number of thioether (sulfide) groups is 1. The third-order valence-electron chi connectivity index (χ3n) is 4.64. The number of halogens is 3. The van der Waals surface area contributed by atoms with Gasteiger partial charge in [0.15, 0.2) is 6.61 Å². The Morgan fingerprint density at radius 1 is 1.03 bits per heavy atom.